The highest BCUT2D eigenvalue weighted by molar-refractivity contribution is 6.15. The zero-order valence-electron chi connectivity index (χ0n) is 18.6. The van der Waals surface area contributed by atoms with Gasteiger partial charge in [-0.05, 0) is 55.4 Å². The third kappa shape index (κ3) is 3.12. The van der Waals surface area contributed by atoms with Crippen LogP contribution >= 0.6 is 0 Å². The minimum absolute atomic E-state index is 0.0110. The van der Waals surface area contributed by atoms with Gasteiger partial charge in [-0.1, -0.05) is 45.4 Å². The van der Waals surface area contributed by atoms with Crippen LogP contribution in [0.4, 0.5) is 5.69 Å². The molecule has 0 N–H and O–H groups in total. The first-order valence-electron chi connectivity index (χ1n) is 11.6. The van der Waals surface area contributed by atoms with Gasteiger partial charge in [-0.25, -0.2) is 9.59 Å². The molecule has 1 saturated heterocycles. The van der Waals surface area contributed by atoms with Gasteiger partial charge in [0.15, 0.2) is 0 Å². The molecule has 2 unspecified atom stereocenters. The Morgan fingerprint density at radius 3 is 2.48 bits per heavy atom. The summed E-state index contributed by atoms with van der Waals surface area (Å²) >= 11 is 0. The molecule has 1 aromatic rings. The molecule has 5 heteroatoms. The molecular weight excluding hydrogens is 390 g/mol. The van der Waals surface area contributed by atoms with Crippen LogP contribution in [0.5, 0.6) is 0 Å². The van der Waals surface area contributed by atoms with Crippen LogP contribution in [0.2, 0.25) is 0 Å². The third-order valence-electron chi connectivity index (χ3n) is 7.65. The second kappa shape index (κ2) is 7.25. The van der Waals surface area contributed by atoms with E-state index < -0.39 is 17.7 Å². The summed E-state index contributed by atoms with van der Waals surface area (Å²) in [5.41, 5.74) is 3.29. The number of benzene rings is 1. The number of esters is 2. The van der Waals surface area contributed by atoms with Gasteiger partial charge in [0.25, 0.3) is 5.79 Å². The lowest BCUT2D eigenvalue weighted by atomic mass is 9.83. The maximum absolute atomic E-state index is 12.8. The smallest absolute Gasteiger partial charge is 0.348 e. The average Bonchev–Trinajstić information content (AvgIpc) is 3.38. The van der Waals surface area contributed by atoms with E-state index in [4.69, 9.17) is 9.47 Å². The zero-order valence-corrected chi connectivity index (χ0v) is 18.6. The lowest BCUT2D eigenvalue weighted by molar-refractivity contribution is -0.251. The van der Waals surface area contributed by atoms with Crippen molar-refractivity contribution >= 4 is 17.6 Å². The Hall–Kier alpha value is -2.56. The number of hydrogen-bond donors (Lipinski definition) is 0. The van der Waals surface area contributed by atoms with E-state index >= 15 is 0 Å². The predicted octanol–water partition coefficient (Wildman–Crippen LogP) is 5.01. The van der Waals surface area contributed by atoms with Gasteiger partial charge in [0.1, 0.15) is 5.57 Å². The van der Waals surface area contributed by atoms with Crippen molar-refractivity contribution in [2.24, 2.45) is 11.8 Å². The van der Waals surface area contributed by atoms with Gasteiger partial charge in [0.05, 0.1) is 0 Å². The molecule has 1 aromatic carbocycles. The van der Waals surface area contributed by atoms with Gasteiger partial charge in [-0.15, -0.1) is 0 Å². The molecule has 1 spiro atoms. The minimum Gasteiger partial charge on any atom is -0.418 e. The molecule has 2 bridgehead atoms. The Morgan fingerprint density at radius 1 is 1.10 bits per heavy atom. The maximum atomic E-state index is 12.8. The predicted molar refractivity (Wildman–Crippen MR) is 118 cm³/mol. The Morgan fingerprint density at radius 2 is 1.84 bits per heavy atom. The summed E-state index contributed by atoms with van der Waals surface area (Å²) < 4.78 is 11.6. The molecule has 5 rings (SSSR count). The first-order valence-corrected chi connectivity index (χ1v) is 11.6. The van der Waals surface area contributed by atoms with Crippen molar-refractivity contribution in [2.75, 3.05) is 11.4 Å². The van der Waals surface area contributed by atoms with Crippen molar-refractivity contribution in [3.05, 3.63) is 53.3 Å². The largest absolute Gasteiger partial charge is 0.418 e. The minimum atomic E-state index is -1.02. The summed E-state index contributed by atoms with van der Waals surface area (Å²) in [5, 5.41) is 0. The molecule has 2 aliphatic heterocycles. The number of fused-ring (bicyclic) bond motifs is 4. The summed E-state index contributed by atoms with van der Waals surface area (Å²) in [6.07, 6.45) is 9.41. The molecule has 5 nitrogen and oxygen atoms in total. The quantitative estimate of drug-likeness (QED) is 0.389. The van der Waals surface area contributed by atoms with E-state index in [1.807, 2.05) is 6.08 Å². The summed E-state index contributed by atoms with van der Waals surface area (Å²) in [6.45, 7) is 7.44. The molecule has 3 fully saturated rings. The lowest BCUT2D eigenvalue weighted by Gasteiger charge is -2.39. The van der Waals surface area contributed by atoms with Crippen LogP contribution in [0.15, 0.2) is 47.7 Å². The van der Waals surface area contributed by atoms with Crippen LogP contribution in [0.1, 0.15) is 64.9 Å². The molecule has 0 amide bonds. The number of para-hydroxylation sites is 1. The van der Waals surface area contributed by atoms with Crippen molar-refractivity contribution in [1.82, 2.24) is 0 Å². The maximum Gasteiger partial charge on any atom is 0.348 e. The van der Waals surface area contributed by atoms with Gasteiger partial charge in [-0.2, -0.15) is 0 Å². The Labute approximate surface area is 184 Å². The van der Waals surface area contributed by atoms with Gasteiger partial charge >= 0.3 is 11.9 Å². The summed E-state index contributed by atoms with van der Waals surface area (Å²) in [7, 11) is 0. The number of allylic oxidation sites excluding steroid dienone is 3. The summed E-state index contributed by atoms with van der Waals surface area (Å²) in [4.78, 5) is 28.0. The number of rotatable bonds is 4. The van der Waals surface area contributed by atoms with Crippen molar-refractivity contribution in [3.8, 4) is 0 Å². The molecule has 0 radical (unpaired) electrons. The van der Waals surface area contributed by atoms with Gasteiger partial charge in [0, 0.05) is 35.7 Å². The molecule has 4 aliphatic rings. The number of carbonyl (C=O) groups is 2. The summed E-state index contributed by atoms with van der Waals surface area (Å²) in [5.74, 6) is -1.46. The van der Waals surface area contributed by atoms with E-state index in [0.29, 0.717) is 12.3 Å². The zero-order chi connectivity index (χ0) is 21.8. The molecular formula is C26H31NO4. The monoisotopic (exact) mass is 421 g/mol. The lowest BCUT2D eigenvalue weighted by Crippen LogP contribution is -2.49. The summed E-state index contributed by atoms with van der Waals surface area (Å²) in [6, 6.07) is 8.41. The first kappa shape index (κ1) is 20.3. The number of carbonyl (C=O) groups excluding carboxylic acids is 2. The van der Waals surface area contributed by atoms with Crippen molar-refractivity contribution < 1.29 is 19.1 Å². The Bertz CT molecular complexity index is 969. The SMILES string of the molecule is CCCCN1C(=CC=C2C(=O)OC3(CC4CCC3C4)OC2=O)C(C)(C)c2ccccc21. The molecule has 2 heterocycles. The van der Waals surface area contributed by atoms with E-state index in [1.165, 1.54) is 11.3 Å². The molecule has 2 aliphatic carbocycles. The van der Waals surface area contributed by atoms with Gasteiger partial charge in [0.2, 0.25) is 0 Å². The van der Waals surface area contributed by atoms with Gasteiger partial charge < -0.3 is 14.4 Å². The highest BCUT2D eigenvalue weighted by Gasteiger charge is 2.59. The van der Waals surface area contributed by atoms with E-state index in [-0.39, 0.29) is 16.9 Å². The van der Waals surface area contributed by atoms with Crippen LogP contribution in [-0.4, -0.2) is 24.3 Å². The van der Waals surface area contributed by atoms with Crippen molar-refractivity contribution in [2.45, 2.75) is 70.5 Å². The molecule has 2 atom stereocenters. The fraction of sp³-hybridized carbons (Fsp3) is 0.538. The number of hydrogen-bond acceptors (Lipinski definition) is 5. The Kier molecular flexibility index (Phi) is 4.76. The van der Waals surface area contributed by atoms with Crippen LogP contribution in [0.25, 0.3) is 0 Å². The van der Waals surface area contributed by atoms with E-state index in [1.54, 1.807) is 6.08 Å². The third-order valence-corrected chi connectivity index (χ3v) is 7.65. The van der Waals surface area contributed by atoms with Crippen molar-refractivity contribution in [1.29, 1.82) is 0 Å². The number of anilines is 1. The first-order chi connectivity index (χ1) is 14.9. The number of ether oxygens (including phenoxy) is 2. The number of nitrogens with zero attached hydrogens (tertiary/aromatic N) is 1. The van der Waals surface area contributed by atoms with Crippen LogP contribution in [0.3, 0.4) is 0 Å². The molecule has 164 valence electrons. The standard InChI is InChI=1S/C26H31NO4/c1-4-5-14-27-21-9-7-6-8-20(21)25(2,3)22(27)13-12-19-23(28)30-26(31-24(19)29)16-17-10-11-18(26)15-17/h6-9,12-13,17-18H,4-5,10-11,14-16H2,1-3H3. The number of unbranched alkanes of at least 4 members (excludes halogenated alkanes) is 1. The highest BCUT2D eigenvalue weighted by atomic mass is 16.7. The molecule has 2 saturated carbocycles. The van der Waals surface area contributed by atoms with Crippen LogP contribution < -0.4 is 4.90 Å². The van der Waals surface area contributed by atoms with Crippen LogP contribution in [-0.2, 0) is 24.5 Å². The fourth-order valence-corrected chi connectivity index (χ4v) is 6.00. The molecule has 31 heavy (non-hydrogen) atoms. The normalized spacial score (nSPS) is 31.9. The Balaban J connectivity index is 1.45. The van der Waals surface area contributed by atoms with Crippen LogP contribution in [0, 0.1) is 11.8 Å². The average molecular weight is 422 g/mol. The van der Waals surface area contributed by atoms with E-state index in [9.17, 15) is 9.59 Å². The molecule has 0 aromatic heterocycles. The second-order valence-electron chi connectivity index (χ2n) is 9.95. The second-order valence-corrected chi connectivity index (χ2v) is 9.95. The topological polar surface area (TPSA) is 55.8 Å². The van der Waals surface area contributed by atoms with Gasteiger partial charge in [-0.3, -0.25) is 0 Å². The fourth-order valence-electron chi connectivity index (χ4n) is 6.00. The van der Waals surface area contributed by atoms with Crippen molar-refractivity contribution in [3.63, 3.8) is 0 Å². The van der Waals surface area contributed by atoms with E-state index in [0.717, 1.165) is 44.3 Å². The highest BCUT2D eigenvalue weighted by Crippen LogP contribution is 2.54. The van der Waals surface area contributed by atoms with E-state index in [2.05, 4.69) is 49.9 Å².